The first-order valence-corrected chi connectivity index (χ1v) is 4.42. The van der Waals surface area contributed by atoms with Crippen LogP contribution in [0.1, 0.15) is 46.5 Å². The molecule has 0 aromatic heterocycles. The molecular weight excluding hydrogens is 122 g/mol. The molecule has 0 bridgehead atoms. The Morgan fingerprint density at radius 3 is 2.10 bits per heavy atom. The summed E-state index contributed by atoms with van der Waals surface area (Å²) >= 11 is 0. The van der Waals surface area contributed by atoms with Gasteiger partial charge in [0.1, 0.15) is 0 Å². The fraction of sp³-hybridized carbons (Fsp3) is 1.00. The van der Waals surface area contributed by atoms with Gasteiger partial charge in [0.25, 0.3) is 0 Å². The van der Waals surface area contributed by atoms with E-state index in [0.717, 1.165) is 5.92 Å². The zero-order chi connectivity index (χ0) is 7.98. The van der Waals surface area contributed by atoms with Gasteiger partial charge in [-0.05, 0) is 25.2 Å². The van der Waals surface area contributed by atoms with E-state index >= 15 is 0 Å². The second-order valence-corrected chi connectivity index (χ2v) is 3.52. The van der Waals surface area contributed by atoms with Gasteiger partial charge in [-0.3, -0.25) is 0 Å². The lowest BCUT2D eigenvalue weighted by Gasteiger charge is -2.10. The number of hydrogen-bond donors (Lipinski definition) is 1. The highest BCUT2D eigenvalue weighted by atomic mass is 14.6. The van der Waals surface area contributed by atoms with Crippen molar-refractivity contribution in [2.75, 3.05) is 0 Å². The Labute approximate surface area is 65.0 Å². The lowest BCUT2D eigenvalue weighted by Crippen LogP contribution is -2.19. The third kappa shape index (κ3) is 6.09. The van der Waals surface area contributed by atoms with Crippen LogP contribution in [0.25, 0.3) is 0 Å². The molecule has 0 aliphatic heterocycles. The topological polar surface area (TPSA) is 26.0 Å². The van der Waals surface area contributed by atoms with Gasteiger partial charge in [-0.1, -0.05) is 27.2 Å². The molecule has 0 fully saturated rings. The van der Waals surface area contributed by atoms with E-state index in [2.05, 4.69) is 20.8 Å². The summed E-state index contributed by atoms with van der Waals surface area (Å²) in [4.78, 5) is 0. The molecule has 0 radical (unpaired) electrons. The maximum absolute atomic E-state index is 5.83. The molecule has 0 saturated carbocycles. The van der Waals surface area contributed by atoms with Crippen LogP contribution in [0.15, 0.2) is 0 Å². The fourth-order valence-corrected chi connectivity index (χ4v) is 1.06. The van der Waals surface area contributed by atoms with E-state index in [-0.39, 0.29) is 0 Å². The Morgan fingerprint density at radius 2 is 1.70 bits per heavy atom. The second kappa shape index (κ2) is 5.72. The Kier molecular flexibility index (Phi) is 5.70. The van der Waals surface area contributed by atoms with Crippen LogP contribution in [0, 0.1) is 5.92 Å². The Balaban J connectivity index is 3.12. The zero-order valence-electron chi connectivity index (χ0n) is 7.56. The quantitative estimate of drug-likeness (QED) is 0.629. The zero-order valence-corrected chi connectivity index (χ0v) is 7.56. The van der Waals surface area contributed by atoms with E-state index in [1.807, 2.05) is 0 Å². The van der Waals surface area contributed by atoms with Gasteiger partial charge in [-0.15, -0.1) is 0 Å². The molecule has 1 atom stereocenters. The monoisotopic (exact) mass is 143 g/mol. The average molecular weight is 143 g/mol. The van der Waals surface area contributed by atoms with Crippen molar-refractivity contribution in [1.82, 2.24) is 0 Å². The SMILES string of the molecule is CCC[C@H](N)CCC(C)C. The Bertz CT molecular complexity index is 69.1. The number of hydrogen-bond acceptors (Lipinski definition) is 1. The van der Waals surface area contributed by atoms with Gasteiger partial charge in [-0.25, -0.2) is 0 Å². The highest BCUT2D eigenvalue weighted by Gasteiger charge is 2.01. The number of rotatable bonds is 5. The molecule has 10 heavy (non-hydrogen) atoms. The largest absolute Gasteiger partial charge is 0.328 e. The summed E-state index contributed by atoms with van der Waals surface area (Å²) in [5, 5.41) is 0. The summed E-state index contributed by atoms with van der Waals surface area (Å²) in [5.74, 6) is 0.808. The molecule has 0 rings (SSSR count). The lowest BCUT2D eigenvalue weighted by molar-refractivity contribution is 0.475. The van der Waals surface area contributed by atoms with Crippen LogP contribution in [-0.2, 0) is 0 Å². The summed E-state index contributed by atoms with van der Waals surface area (Å²) in [5.41, 5.74) is 5.83. The first-order chi connectivity index (χ1) is 4.66. The van der Waals surface area contributed by atoms with E-state index in [1.165, 1.54) is 25.7 Å². The van der Waals surface area contributed by atoms with Crippen molar-refractivity contribution in [1.29, 1.82) is 0 Å². The minimum Gasteiger partial charge on any atom is -0.328 e. The molecule has 1 heteroatoms. The van der Waals surface area contributed by atoms with Crippen LogP contribution in [0.3, 0.4) is 0 Å². The molecule has 0 saturated heterocycles. The molecule has 2 N–H and O–H groups in total. The van der Waals surface area contributed by atoms with Gasteiger partial charge < -0.3 is 5.73 Å². The molecule has 0 unspecified atom stereocenters. The molecule has 0 heterocycles. The van der Waals surface area contributed by atoms with Gasteiger partial charge in [0.15, 0.2) is 0 Å². The van der Waals surface area contributed by atoms with Crippen LogP contribution in [-0.4, -0.2) is 6.04 Å². The predicted octanol–water partition coefficient (Wildman–Crippen LogP) is 2.55. The molecule has 0 aromatic carbocycles. The molecule has 0 aliphatic rings. The highest BCUT2D eigenvalue weighted by molar-refractivity contribution is 4.60. The van der Waals surface area contributed by atoms with Gasteiger partial charge >= 0.3 is 0 Å². The van der Waals surface area contributed by atoms with Crippen LogP contribution in [0.4, 0.5) is 0 Å². The predicted molar refractivity (Wildman–Crippen MR) is 47.0 cm³/mol. The molecular formula is C9H21N. The third-order valence-corrected chi connectivity index (χ3v) is 1.77. The minimum atomic E-state index is 0.451. The lowest BCUT2D eigenvalue weighted by atomic mass is 10.0. The van der Waals surface area contributed by atoms with Crippen molar-refractivity contribution >= 4 is 0 Å². The van der Waals surface area contributed by atoms with Crippen molar-refractivity contribution in [3.63, 3.8) is 0 Å². The standard InChI is InChI=1S/C9H21N/c1-4-5-9(10)7-6-8(2)3/h8-9H,4-7,10H2,1-3H3/t9-/m0/s1. The second-order valence-electron chi connectivity index (χ2n) is 3.52. The maximum atomic E-state index is 5.83. The molecule has 62 valence electrons. The van der Waals surface area contributed by atoms with E-state index in [9.17, 15) is 0 Å². The van der Waals surface area contributed by atoms with Crippen molar-refractivity contribution in [2.45, 2.75) is 52.5 Å². The minimum absolute atomic E-state index is 0.451. The van der Waals surface area contributed by atoms with Crippen LogP contribution in [0.5, 0.6) is 0 Å². The maximum Gasteiger partial charge on any atom is 0.00388 e. The highest BCUT2D eigenvalue weighted by Crippen LogP contribution is 2.08. The number of nitrogens with two attached hydrogens (primary N) is 1. The van der Waals surface area contributed by atoms with Gasteiger partial charge in [0, 0.05) is 6.04 Å². The summed E-state index contributed by atoms with van der Waals surface area (Å²) in [6.45, 7) is 6.69. The smallest absolute Gasteiger partial charge is 0.00388 e. The van der Waals surface area contributed by atoms with E-state index < -0.39 is 0 Å². The first-order valence-electron chi connectivity index (χ1n) is 4.42. The molecule has 1 nitrogen and oxygen atoms in total. The average Bonchev–Trinajstić information content (AvgIpc) is 1.85. The molecule has 0 aliphatic carbocycles. The molecule has 0 aromatic rings. The van der Waals surface area contributed by atoms with Gasteiger partial charge in [-0.2, -0.15) is 0 Å². The molecule has 0 amide bonds. The molecule has 0 spiro atoms. The summed E-state index contributed by atoms with van der Waals surface area (Å²) < 4.78 is 0. The Morgan fingerprint density at radius 1 is 1.10 bits per heavy atom. The fourth-order valence-electron chi connectivity index (χ4n) is 1.06. The van der Waals surface area contributed by atoms with Crippen LogP contribution in [0.2, 0.25) is 0 Å². The van der Waals surface area contributed by atoms with Crippen molar-refractivity contribution < 1.29 is 0 Å². The summed E-state index contributed by atoms with van der Waals surface area (Å²) in [7, 11) is 0. The first kappa shape index (κ1) is 9.96. The van der Waals surface area contributed by atoms with Gasteiger partial charge in [0.05, 0.1) is 0 Å². The van der Waals surface area contributed by atoms with Gasteiger partial charge in [0.2, 0.25) is 0 Å². The van der Waals surface area contributed by atoms with Crippen LogP contribution >= 0.6 is 0 Å². The van der Waals surface area contributed by atoms with E-state index in [4.69, 9.17) is 5.73 Å². The normalized spacial score (nSPS) is 14.1. The van der Waals surface area contributed by atoms with E-state index in [1.54, 1.807) is 0 Å². The third-order valence-electron chi connectivity index (χ3n) is 1.77. The van der Waals surface area contributed by atoms with Crippen molar-refractivity contribution in [3.8, 4) is 0 Å². The Hall–Kier alpha value is -0.0400. The van der Waals surface area contributed by atoms with Crippen molar-refractivity contribution in [3.05, 3.63) is 0 Å². The van der Waals surface area contributed by atoms with E-state index in [0.29, 0.717) is 6.04 Å². The van der Waals surface area contributed by atoms with Crippen LogP contribution < -0.4 is 5.73 Å². The summed E-state index contributed by atoms with van der Waals surface area (Å²) in [6, 6.07) is 0.451. The van der Waals surface area contributed by atoms with Crippen molar-refractivity contribution in [2.24, 2.45) is 11.7 Å². The summed E-state index contributed by atoms with van der Waals surface area (Å²) in [6.07, 6.45) is 4.89.